The highest BCUT2D eigenvalue weighted by molar-refractivity contribution is 7.21. The van der Waals surface area contributed by atoms with Crippen LogP contribution in [0.1, 0.15) is 46.3 Å². The molecule has 4 heterocycles. The largest absolute Gasteiger partial charge is 0.397 e. The van der Waals surface area contributed by atoms with Gasteiger partial charge < -0.3 is 21.3 Å². The van der Waals surface area contributed by atoms with Crippen LogP contribution in [0.5, 0.6) is 0 Å². The Bertz CT molecular complexity index is 1140. The monoisotopic (exact) mass is 449 g/mol. The molecule has 1 aromatic carbocycles. The zero-order chi connectivity index (χ0) is 22.2. The minimum Gasteiger partial charge on any atom is -0.397 e. The van der Waals surface area contributed by atoms with Crippen molar-refractivity contribution in [2.75, 3.05) is 30.3 Å². The van der Waals surface area contributed by atoms with E-state index in [0.717, 1.165) is 41.8 Å². The molecule has 1 amide bonds. The fourth-order valence-electron chi connectivity index (χ4n) is 5.04. The molecule has 2 aromatic heterocycles. The number of carbonyl (C=O) groups is 1. The van der Waals surface area contributed by atoms with Gasteiger partial charge >= 0.3 is 0 Å². The van der Waals surface area contributed by atoms with Gasteiger partial charge in [0.25, 0.3) is 5.91 Å². The molecular formula is C25H31N5OS. The highest BCUT2D eigenvalue weighted by atomic mass is 32.1. The van der Waals surface area contributed by atoms with Gasteiger partial charge in [-0.1, -0.05) is 19.1 Å². The average Bonchev–Trinajstić information content (AvgIpc) is 3.31. The van der Waals surface area contributed by atoms with Crippen LogP contribution in [0.2, 0.25) is 0 Å². The van der Waals surface area contributed by atoms with Crippen LogP contribution in [0.3, 0.4) is 0 Å². The van der Waals surface area contributed by atoms with Crippen LogP contribution in [0.15, 0.2) is 30.3 Å². The number of anilines is 2. The minimum atomic E-state index is -0.119. The van der Waals surface area contributed by atoms with Gasteiger partial charge in [0.15, 0.2) is 0 Å². The van der Waals surface area contributed by atoms with E-state index in [1.54, 1.807) is 0 Å². The van der Waals surface area contributed by atoms with Gasteiger partial charge in [-0.25, -0.2) is 4.98 Å². The summed E-state index contributed by atoms with van der Waals surface area (Å²) in [6, 6.07) is 11.9. The Morgan fingerprint density at radius 3 is 2.78 bits per heavy atom. The second-order valence-corrected chi connectivity index (χ2v) is 10.0. The molecule has 32 heavy (non-hydrogen) atoms. The zero-order valence-corrected chi connectivity index (χ0v) is 19.6. The molecule has 2 bridgehead atoms. The molecule has 2 unspecified atom stereocenters. The summed E-state index contributed by atoms with van der Waals surface area (Å²) in [5.41, 5.74) is 11.7. The van der Waals surface area contributed by atoms with Crippen LogP contribution < -0.4 is 21.3 Å². The Hall–Kier alpha value is -2.64. The van der Waals surface area contributed by atoms with Crippen molar-refractivity contribution in [3.8, 4) is 0 Å². The van der Waals surface area contributed by atoms with Gasteiger partial charge in [0.1, 0.15) is 9.71 Å². The second kappa shape index (κ2) is 8.71. The predicted molar refractivity (Wildman–Crippen MR) is 133 cm³/mol. The lowest BCUT2D eigenvalue weighted by Crippen LogP contribution is -2.51. The van der Waals surface area contributed by atoms with E-state index in [9.17, 15) is 4.79 Å². The number of aryl methyl sites for hydroxylation is 2. The van der Waals surface area contributed by atoms with Crippen LogP contribution in [-0.2, 0) is 12.8 Å². The Morgan fingerprint density at radius 1 is 1.25 bits per heavy atom. The molecule has 2 saturated heterocycles. The summed E-state index contributed by atoms with van der Waals surface area (Å²) in [7, 11) is 0. The van der Waals surface area contributed by atoms with Crippen molar-refractivity contribution in [3.63, 3.8) is 0 Å². The smallest absolute Gasteiger partial charge is 0.263 e. The number of carbonyl (C=O) groups excluding carboxylic acids is 1. The molecule has 0 radical (unpaired) electrons. The first-order chi connectivity index (χ1) is 15.5. The van der Waals surface area contributed by atoms with Crippen LogP contribution in [0.25, 0.3) is 10.2 Å². The summed E-state index contributed by atoms with van der Waals surface area (Å²) in [4.78, 5) is 21.2. The van der Waals surface area contributed by atoms with E-state index >= 15 is 0 Å². The van der Waals surface area contributed by atoms with E-state index in [2.05, 4.69) is 45.6 Å². The summed E-state index contributed by atoms with van der Waals surface area (Å²) in [5, 5.41) is 7.61. The Morgan fingerprint density at radius 2 is 2.03 bits per heavy atom. The first kappa shape index (κ1) is 21.2. The lowest BCUT2D eigenvalue weighted by molar-refractivity contribution is 0.0959. The highest BCUT2D eigenvalue weighted by Gasteiger charge is 2.32. The first-order valence-corrected chi connectivity index (χ1v) is 12.4. The lowest BCUT2D eigenvalue weighted by Gasteiger charge is -2.36. The number of nitrogen functional groups attached to an aromatic ring is 1. The van der Waals surface area contributed by atoms with Crippen molar-refractivity contribution in [1.82, 2.24) is 15.6 Å². The molecule has 168 valence electrons. The summed E-state index contributed by atoms with van der Waals surface area (Å²) in [6.45, 7) is 6.95. The maximum atomic E-state index is 12.7. The van der Waals surface area contributed by atoms with Crippen molar-refractivity contribution in [2.45, 2.75) is 51.6 Å². The van der Waals surface area contributed by atoms with Gasteiger partial charge in [-0.3, -0.25) is 4.79 Å². The van der Waals surface area contributed by atoms with Crippen molar-refractivity contribution in [1.29, 1.82) is 0 Å². The quantitative estimate of drug-likeness (QED) is 0.535. The number of piperazine rings is 1. The molecule has 5 rings (SSSR count). The first-order valence-electron chi connectivity index (χ1n) is 11.6. The van der Waals surface area contributed by atoms with Gasteiger partial charge in [0.2, 0.25) is 0 Å². The Labute approximate surface area is 193 Å². The normalized spacial score (nSPS) is 20.1. The topological polar surface area (TPSA) is 83.3 Å². The molecule has 7 heteroatoms. The van der Waals surface area contributed by atoms with Gasteiger partial charge in [-0.2, -0.15) is 0 Å². The van der Waals surface area contributed by atoms with E-state index < -0.39 is 0 Å². The van der Waals surface area contributed by atoms with Crippen molar-refractivity contribution in [2.24, 2.45) is 0 Å². The number of benzene rings is 1. The number of nitrogens with two attached hydrogens (primary N) is 1. The number of amides is 1. The Kier molecular flexibility index (Phi) is 5.78. The van der Waals surface area contributed by atoms with Gasteiger partial charge in [0, 0.05) is 48.5 Å². The Balaban J connectivity index is 1.23. The van der Waals surface area contributed by atoms with E-state index in [4.69, 9.17) is 5.73 Å². The molecule has 0 saturated carbocycles. The number of aromatic nitrogens is 1. The fourth-order valence-corrected chi connectivity index (χ4v) is 6.09. The molecule has 2 atom stereocenters. The van der Waals surface area contributed by atoms with Crippen LogP contribution in [0, 0.1) is 6.92 Å². The molecule has 0 spiro atoms. The molecule has 3 aromatic rings. The molecular weight excluding hydrogens is 418 g/mol. The van der Waals surface area contributed by atoms with E-state index in [1.165, 1.54) is 41.0 Å². The van der Waals surface area contributed by atoms with E-state index in [-0.39, 0.29) is 5.91 Å². The van der Waals surface area contributed by atoms with Gasteiger partial charge in [-0.15, -0.1) is 11.3 Å². The number of nitrogens with zero attached hydrogens (tertiary/aromatic N) is 2. The minimum absolute atomic E-state index is 0.119. The summed E-state index contributed by atoms with van der Waals surface area (Å²) in [6.07, 6.45) is 4.40. The van der Waals surface area contributed by atoms with Gasteiger partial charge in [-0.05, 0) is 61.9 Å². The summed E-state index contributed by atoms with van der Waals surface area (Å²) < 4.78 is 0. The number of rotatable bonds is 6. The predicted octanol–water partition coefficient (Wildman–Crippen LogP) is 3.66. The molecule has 6 nitrogen and oxygen atoms in total. The van der Waals surface area contributed by atoms with Crippen molar-refractivity contribution in [3.05, 3.63) is 52.0 Å². The molecule has 4 N–H and O–H groups in total. The molecule has 2 fully saturated rings. The molecule has 0 aliphatic carbocycles. The average molecular weight is 450 g/mol. The van der Waals surface area contributed by atoms with E-state index in [1.807, 2.05) is 19.1 Å². The third-order valence-corrected chi connectivity index (χ3v) is 7.83. The third-order valence-electron chi connectivity index (χ3n) is 6.72. The third kappa shape index (κ3) is 4.07. The molecule has 2 aliphatic heterocycles. The maximum Gasteiger partial charge on any atom is 0.263 e. The summed E-state index contributed by atoms with van der Waals surface area (Å²) in [5.74, 6) is -0.119. The van der Waals surface area contributed by atoms with Crippen LogP contribution >= 0.6 is 11.3 Å². The van der Waals surface area contributed by atoms with Crippen molar-refractivity contribution < 1.29 is 4.79 Å². The number of nitrogens with one attached hydrogen (secondary N) is 2. The maximum absolute atomic E-state index is 12.7. The standard InChI is InChI=1S/C25H31N5OS/c1-3-17-12-16(5-9-21(17)30-13-18-6-7-19(14-30)29-18)10-11-27-24(31)23-22(26)20-8-4-15(2)28-25(20)32-23/h4-5,8-9,12,18-19,29H,3,6-7,10-11,13-14,26H2,1-2H3,(H,27,31). The number of hydrogen-bond acceptors (Lipinski definition) is 6. The number of thiophene rings is 1. The lowest BCUT2D eigenvalue weighted by atomic mass is 10.0. The second-order valence-electron chi connectivity index (χ2n) is 9.02. The number of fused-ring (bicyclic) bond motifs is 3. The fraction of sp³-hybridized carbons (Fsp3) is 0.440. The molecule has 2 aliphatic rings. The van der Waals surface area contributed by atoms with E-state index in [0.29, 0.717) is 29.2 Å². The van der Waals surface area contributed by atoms with Crippen molar-refractivity contribution >= 4 is 38.8 Å². The van der Waals surface area contributed by atoms with Gasteiger partial charge in [0.05, 0.1) is 5.69 Å². The van der Waals surface area contributed by atoms with Crippen LogP contribution in [0.4, 0.5) is 11.4 Å². The highest BCUT2D eigenvalue weighted by Crippen LogP contribution is 2.32. The zero-order valence-electron chi connectivity index (χ0n) is 18.8. The van der Waals surface area contributed by atoms with Crippen LogP contribution in [-0.4, -0.2) is 42.6 Å². The number of pyridine rings is 1. The summed E-state index contributed by atoms with van der Waals surface area (Å²) >= 11 is 1.36. The number of hydrogen-bond donors (Lipinski definition) is 3. The SMILES string of the molecule is CCc1cc(CCNC(=O)c2sc3nc(C)ccc3c2N)ccc1N1CC2CCC(C1)N2.